The molecule has 2 aromatic rings. The molecule has 0 aliphatic carbocycles. The number of hydrogen-bond acceptors (Lipinski definition) is 5. The molecule has 0 unspecified atom stereocenters. The number of anilines is 2. The van der Waals surface area contributed by atoms with Crippen molar-refractivity contribution in [2.75, 3.05) is 30.9 Å². The molecule has 0 aromatic heterocycles. The minimum Gasteiger partial charge on any atom is -0.497 e. The standard InChI is InChI=1S/C16H16BrN3O4/c1-19(14-8-3-11(17)9-15(14)20(22)23)10-16(21)18-12-4-6-13(24-2)7-5-12/h3-9H,10H2,1-2H3,(H,18,21). The van der Waals surface area contributed by atoms with Crippen LogP contribution >= 0.6 is 15.9 Å². The summed E-state index contributed by atoms with van der Waals surface area (Å²) in [6.45, 7) is -0.0193. The number of methoxy groups -OCH3 is 1. The molecule has 0 fully saturated rings. The van der Waals surface area contributed by atoms with Gasteiger partial charge in [-0.25, -0.2) is 0 Å². The van der Waals surface area contributed by atoms with Crippen LogP contribution in [0.3, 0.4) is 0 Å². The van der Waals surface area contributed by atoms with Crippen molar-refractivity contribution in [3.8, 4) is 5.75 Å². The third-order valence-electron chi connectivity index (χ3n) is 3.30. The summed E-state index contributed by atoms with van der Waals surface area (Å²) < 4.78 is 5.66. The molecule has 0 saturated carbocycles. The molecule has 0 aliphatic rings. The van der Waals surface area contributed by atoms with Gasteiger partial charge >= 0.3 is 0 Å². The van der Waals surface area contributed by atoms with Gasteiger partial charge in [-0.15, -0.1) is 0 Å². The van der Waals surface area contributed by atoms with Gasteiger partial charge in [0.1, 0.15) is 11.4 Å². The van der Waals surface area contributed by atoms with Crippen LogP contribution in [0.2, 0.25) is 0 Å². The Morgan fingerprint density at radius 2 is 1.96 bits per heavy atom. The molecule has 126 valence electrons. The van der Waals surface area contributed by atoms with E-state index in [4.69, 9.17) is 4.74 Å². The molecule has 0 spiro atoms. The molecule has 0 bridgehead atoms. The van der Waals surface area contributed by atoms with Crippen molar-refractivity contribution in [2.24, 2.45) is 0 Å². The van der Waals surface area contributed by atoms with Gasteiger partial charge in [0.25, 0.3) is 5.69 Å². The summed E-state index contributed by atoms with van der Waals surface area (Å²) in [5, 5.41) is 13.9. The van der Waals surface area contributed by atoms with Gasteiger partial charge in [0.2, 0.25) is 5.91 Å². The number of nitrogens with one attached hydrogen (secondary N) is 1. The number of nitrogens with zero attached hydrogens (tertiary/aromatic N) is 2. The minimum absolute atomic E-state index is 0.0193. The number of amides is 1. The summed E-state index contributed by atoms with van der Waals surface area (Å²) in [6.07, 6.45) is 0. The molecule has 1 N–H and O–H groups in total. The summed E-state index contributed by atoms with van der Waals surface area (Å²) in [4.78, 5) is 24.4. The Labute approximate surface area is 147 Å². The van der Waals surface area contributed by atoms with E-state index in [1.165, 1.54) is 11.0 Å². The molecule has 2 aromatic carbocycles. The second kappa shape index (κ2) is 7.78. The molecule has 0 heterocycles. The topological polar surface area (TPSA) is 84.7 Å². The maximum atomic E-state index is 12.1. The van der Waals surface area contributed by atoms with Gasteiger partial charge in [-0.05, 0) is 36.4 Å². The van der Waals surface area contributed by atoms with Gasteiger partial charge in [-0.3, -0.25) is 14.9 Å². The molecule has 1 amide bonds. The quantitative estimate of drug-likeness (QED) is 0.599. The van der Waals surface area contributed by atoms with E-state index in [0.717, 1.165) is 0 Å². The number of hydrogen-bond donors (Lipinski definition) is 1. The van der Waals surface area contributed by atoms with Crippen LogP contribution in [0.15, 0.2) is 46.9 Å². The van der Waals surface area contributed by atoms with Gasteiger partial charge in [-0.2, -0.15) is 0 Å². The highest BCUT2D eigenvalue weighted by atomic mass is 79.9. The average Bonchev–Trinajstić information content (AvgIpc) is 2.55. The smallest absolute Gasteiger partial charge is 0.293 e. The summed E-state index contributed by atoms with van der Waals surface area (Å²) >= 11 is 3.21. The van der Waals surface area contributed by atoms with Gasteiger partial charge in [-0.1, -0.05) is 15.9 Å². The van der Waals surface area contributed by atoms with E-state index >= 15 is 0 Å². The second-order valence-electron chi connectivity index (χ2n) is 5.02. The Morgan fingerprint density at radius 3 is 2.54 bits per heavy atom. The summed E-state index contributed by atoms with van der Waals surface area (Å²) in [5.41, 5.74) is 0.928. The van der Waals surface area contributed by atoms with Crippen LogP contribution < -0.4 is 15.0 Å². The van der Waals surface area contributed by atoms with Crippen molar-refractivity contribution < 1.29 is 14.5 Å². The highest BCUT2D eigenvalue weighted by molar-refractivity contribution is 9.10. The van der Waals surface area contributed by atoms with Crippen molar-refractivity contribution in [2.45, 2.75) is 0 Å². The van der Waals surface area contributed by atoms with E-state index in [-0.39, 0.29) is 18.1 Å². The first-order valence-electron chi connectivity index (χ1n) is 6.99. The predicted molar refractivity (Wildman–Crippen MR) is 95.7 cm³/mol. The first-order chi connectivity index (χ1) is 11.4. The lowest BCUT2D eigenvalue weighted by molar-refractivity contribution is -0.384. The van der Waals surface area contributed by atoms with E-state index in [2.05, 4.69) is 21.2 Å². The zero-order valence-corrected chi connectivity index (χ0v) is 14.7. The summed E-state index contributed by atoms with van der Waals surface area (Å²) in [6, 6.07) is 11.6. The molecule has 0 atom stereocenters. The van der Waals surface area contributed by atoms with E-state index in [9.17, 15) is 14.9 Å². The lowest BCUT2D eigenvalue weighted by Crippen LogP contribution is -2.30. The first-order valence-corrected chi connectivity index (χ1v) is 7.79. The number of benzene rings is 2. The second-order valence-corrected chi connectivity index (χ2v) is 5.94. The maximum Gasteiger partial charge on any atom is 0.293 e. The normalized spacial score (nSPS) is 10.1. The number of carbonyl (C=O) groups excluding carboxylic acids is 1. The predicted octanol–water partition coefficient (Wildman–Crippen LogP) is 3.44. The lowest BCUT2D eigenvalue weighted by atomic mass is 10.2. The van der Waals surface area contributed by atoms with Crippen LogP contribution in [0.4, 0.5) is 17.1 Å². The van der Waals surface area contributed by atoms with Crippen molar-refractivity contribution in [3.63, 3.8) is 0 Å². The Morgan fingerprint density at radius 1 is 1.29 bits per heavy atom. The lowest BCUT2D eigenvalue weighted by Gasteiger charge is -2.19. The van der Waals surface area contributed by atoms with Crippen molar-refractivity contribution in [3.05, 3.63) is 57.1 Å². The van der Waals surface area contributed by atoms with Crippen LogP contribution in [0.25, 0.3) is 0 Å². The van der Waals surface area contributed by atoms with Crippen LogP contribution in [-0.4, -0.2) is 31.5 Å². The van der Waals surface area contributed by atoms with Crippen LogP contribution in [-0.2, 0) is 4.79 Å². The maximum absolute atomic E-state index is 12.1. The Balaban J connectivity index is 2.07. The molecule has 0 radical (unpaired) electrons. The van der Waals surface area contributed by atoms with E-state index in [1.807, 2.05) is 0 Å². The number of rotatable bonds is 6. The van der Waals surface area contributed by atoms with Gasteiger partial charge in [0.15, 0.2) is 0 Å². The molecule has 8 heteroatoms. The zero-order valence-electron chi connectivity index (χ0n) is 13.2. The highest BCUT2D eigenvalue weighted by Gasteiger charge is 2.19. The SMILES string of the molecule is COc1ccc(NC(=O)CN(C)c2ccc(Br)cc2[N+](=O)[O-])cc1. The molecular weight excluding hydrogens is 378 g/mol. The monoisotopic (exact) mass is 393 g/mol. The minimum atomic E-state index is -0.474. The fourth-order valence-electron chi connectivity index (χ4n) is 2.14. The number of likely N-dealkylation sites (N-methyl/N-ethyl adjacent to an activating group) is 1. The van der Waals surface area contributed by atoms with E-state index < -0.39 is 4.92 Å². The molecule has 2 rings (SSSR count). The molecule has 0 aliphatic heterocycles. The number of ether oxygens (including phenoxy) is 1. The Kier molecular flexibility index (Phi) is 5.75. The third-order valence-corrected chi connectivity index (χ3v) is 3.79. The van der Waals surface area contributed by atoms with Crippen LogP contribution in [0.5, 0.6) is 5.75 Å². The number of halogens is 1. The van der Waals surface area contributed by atoms with Crippen LogP contribution in [0.1, 0.15) is 0 Å². The first kappa shape index (κ1) is 17.7. The van der Waals surface area contributed by atoms with Crippen molar-refractivity contribution in [1.29, 1.82) is 0 Å². The average molecular weight is 394 g/mol. The fraction of sp³-hybridized carbons (Fsp3) is 0.188. The number of carbonyl (C=O) groups is 1. The number of nitro groups is 1. The van der Waals surface area contributed by atoms with Gasteiger partial charge in [0.05, 0.1) is 18.6 Å². The Hall–Kier alpha value is -2.61. The zero-order chi connectivity index (χ0) is 17.7. The third kappa shape index (κ3) is 4.45. The Bertz CT molecular complexity index is 749. The van der Waals surface area contributed by atoms with Gasteiger partial charge < -0.3 is 15.0 Å². The van der Waals surface area contributed by atoms with E-state index in [0.29, 0.717) is 21.6 Å². The molecule has 24 heavy (non-hydrogen) atoms. The van der Waals surface area contributed by atoms with Crippen LogP contribution in [0, 0.1) is 10.1 Å². The summed E-state index contributed by atoms with van der Waals surface area (Å²) in [7, 11) is 3.19. The summed E-state index contributed by atoms with van der Waals surface area (Å²) in [5.74, 6) is 0.412. The number of nitro benzene ring substituents is 1. The van der Waals surface area contributed by atoms with Gasteiger partial charge in [0, 0.05) is 23.3 Å². The molecule has 7 nitrogen and oxygen atoms in total. The fourth-order valence-corrected chi connectivity index (χ4v) is 2.49. The highest BCUT2D eigenvalue weighted by Crippen LogP contribution is 2.30. The largest absolute Gasteiger partial charge is 0.497 e. The molecule has 0 saturated heterocycles. The molecular formula is C16H16BrN3O4. The van der Waals surface area contributed by atoms with E-state index in [1.54, 1.807) is 50.6 Å². The van der Waals surface area contributed by atoms with Crippen molar-refractivity contribution >= 4 is 38.9 Å². The van der Waals surface area contributed by atoms with Crippen molar-refractivity contribution in [1.82, 2.24) is 0 Å².